The first-order valence-electron chi connectivity index (χ1n) is 7.61. The summed E-state index contributed by atoms with van der Waals surface area (Å²) in [6.07, 6.45) is 0. The SMILES string of the molecule is COC(=O)c1cc(Cl)c([N+](=O)[O-])cc1C.Cc1cc([N+](=O)[O-])c(Cl)cc1C(=O)O. The molecule has 0 aliphatic rings. The van der Waals surface area contributed by atoms with Crippen LogP contribution >= 0.6 is 23.2 Å². The zero-order valence-corrected chi connectivity index (χ0v) is 16.8. The van der Waals surface area contributed by atoms with Gasteiger partial charge in [0.1, 0.15) is 10.0 Å². The van der Waals surface area contributed by atoms with E-state index in [1.807, 2.05) is 0 Å². The fourth-order valence-corrected chi connectivity index (χ4v) is 2.64. The Balaban J connectivity index is 0.000000291. The molecule has 0 saturated carbocycles. The molecule has 154 valence electrons. The summed E-state index contributed by atoms with van der Waals surface area (Å²) in [5.74, 6) is -1.72. The van der Waals surface area contributed by atoms with Gasteiger partial charge in [0.2, 0.25) is 0 Å². The molecule has 0 spiro atoms. The van der Waals surface area contributed by atoms with E-state index in [1.165, 1.54) is 26.2 Å². The Hall–Kier alpha value is -3.24. The molecule has 10 nitrogen and oxygen atoms in total. The highest BCUT2D eigenvalue weighted by atomic mass is 35.5. The molecule has 12 heteroatoms. The highest BCUT2D eigenvalue weighted by molar-refractivity contribution is 6.33. The summed E-state index contributed by atoms with van der Waals surface area (Å²) >= 11 is 11.2. The van der Waals surface area contributed by atoms with Gasteiger partial charge in [-0.25, -0.2) is 9.59 Å². The van der Waals surface area contributed by atoms with Gasteiger partial charge in [-0.3, -0.25) is 20.2 Å². The molecule has 2 aromatic carbocycles. The van der Waals surface area contributed by atoms with Gasteiger partial charge in [0, 0.05) is 12.1 Å². The molecular formula is C17H14Cl2N2O8. The number of hydrogen-bond acceptors (Lipinski definition) is 7. The van der Waals surface area contributed by atoms with Gasteiger partial charge in [-0.1, -0.05) is 23.2 Å². The second kappa shape index (κ2) is 9.80. The van der Waals surface area contributed by atoms with E-state index < -0.39 is 21.8 Å². The van der Waals surface area contributed by atoms with E-state index in [0.29, 0.717) is 11.1 Å². The van der Waals surface area contributed by atoms with Gasteiger partial charge in [-0.05, 0) is 37.1 Å². The minimum atomic E-state index is -1.15. The summed E-state index contributed by atoms with van der Waals surface area (Å²) in [4.78, 5) is 41.5. The van der Waals surface area contributed by atoms with Gasteiger partial charge in [-0.2, -0.15) is 0 Å². The van der Waals surface area contributed by atoms with Crippen molar-refractivity contribution in [2.24, 2.45) is 0 Å². The van der Waals surface area contributed by atoms with E-state index in [2.05, 4.69) is 4.74 Å². The van der Waals surface area contributed by atoms with Crippen LogP contribution < -0.4 is 0 Å². The largest absolute Gasteiger partial charge is 0.478 e. The van der Waals surface area contributed by atoms with Crippen LogP contribution in [-0.2, 0) is 4.74 Å². The number of carboxylic acid groups (broad SMARTS) is 1. The van der Waals surface area contributed by atoms with Gasteiger partial charge in [0.15, 0.2) is 0 Å². The van der Waals surface area contributed by atoms with Crippen LogP contribution in [0.25, 0.3) is 0 Å². The highest BCUT2D eigenvalue weighted by Crippen LogP contribution is 2.28. The summed E-state index contributed by atoms with van der Waals surface area (Å²) in [6, 6.07) is 4.71. The standard InChI is InChI=1S/C9H8ClNO4.C8H6ClNO4/c1-5-3-8(11(13)14)7(10)4-6(5)9(12)15-2;1-4-2-7(10(13)14)6(9)3-5(4)8(11)12/h3-4H,1-2H3;2-3H,1H3,(H,11,12). The molecule has 0 aromatic heterocycles. The van der Waals surface area contributed by atoms with E-state index in [0.717, 1.165) is 12.1 Å². The first-order valence-corrected chi connectivity index (χ1v) is 8.37. The van der Waals surface area contributed by atoms with Gasteiger partial charge in [0.05, 0.1) is 28.1 Å². The molecule has 0 radical (unpaired) electrons. The van der Waals surface area contributed by atoms with E-state index in [9.17, 15) is 29.8 Å². The molecule has 0 saturated heterocycles. The van der Waals surface area contributed by atoms with Crippen molar-refractivity contribution in [3.05, 3.63) is 76.8 Å². The number of aromatic carboxylic acids is 1. The number of halogens is 2. The van der Waals surface area contributed by atoms with Crippen molar-refractivity contribution in [2.75, 3.05) is 7.11 Å². The Morgan fingerprint density at radius 3 is 1.62 bits per heavy atom. The average molecular weight is 445 g/mol. The van der Waals surface area contributed by atoms with E-state index in [1.54, 1.807) is 6.92 Å². The van der Waals surface area contributed by atoms with Gasteiger partial charge in [-0.15, -0.1) is 0 Å². The fraction of sp³-hybridized carbons (Fsp3) is 0.176. The third kappa shape index (κ3) is 5.87. The number of ether oxygens (including phenoxy) is 1. The van der Waals surface area contributed by atoms with Crippen molar-refractivity contribution in [3.8, 4) is 0 Å². The summed E-state index contributed by atoms with van der Waals surface area (Å²) in [6.45, 7) is 3.06. The van der Waals surface area contributed by atoms with Crippen molar-refractivity contribution >= 4 is 46.5 Å². The smallest absolute Gasteiger partial charge is 0.338 e. The molecule has 0 amide bonds. The van der Waals surface area contributed by atoms with E-state index in [-0.39, 0.29) is 32.5 Å². The number of methoxy groups -OCH3 is 1. The highest BCUT2D eigenvalue weighted by Gasteiger charge is 2.19. The Morgan fingerprint density at radius 2 is 1.28 bits per heavy atom. The molecular weight excluding hydrogens is 431 g/mol. The fourth-order valence-electron chi connectivity index (χ4n) is 2.17. The number of aryl methyl sites for hydroxylation is 2. The average Bonchev–Trinajstić information content (AvgIpc) is 2.64. The minimum absolute atomic E-state index is 0.0272. The number of carbonyl (C=O) groups excluding carboxylic acids is 1. The molecule has 0 unspecified atom stereocenters. The molecule has 0 aliphatic heterocycles. The number of hydrogen-bond donors (Lipinski definition) is 1. The van der Waals surface area contributed by atoms with Crippen LogP contribution in [0.3, 0.4) is 0 Å². The van der Waals surface area contributed by atoms with E-state index >= 15 is 0 Å². The van der Waals surface area contributed by atoms with Gasteiger partial charge in [0.25, 0.3) is 11.4 Å². The van der Waals surface area contributed by atoms with Crippen molar-refractivity contribution in [1.29, 1.82) is 0 Å². The Morgan fingerprint density at radius 1 is 0.897 bits per heavy atom. The predicted octanol–water partition coefficient (Wildman–Crippen LogP) is 4.60. The Bertz CT molecular complexity index is 968. The van der Waals surface area contributed by atoms with Crippen LogP contribution in [0.5, 0.6) is 0 Å². The number of rotatable bonds is 4. The molecule has 0 fully saturated rings. The second-order valence-electron chi connectivity index (χ2n) is 5.55. The molecule has 0 atom stereocenters. The third-order valence-electron chi connectivity index (χ3n) is 3.62. The number of esters is 1. The third-order valence-corrected chi connectivity index (χ3v) is 4.22. The lowest BCUT2D eigenvalue weighted by Gasteiger charge is -2.04. The number of nitro groups is 2. The quantitative estimate of drug-likeness (QED) is 0.408. The number of nitro benzene ring substituents is 2. The first kappa shape index (κ1) is 23.8. The lowest BCUT2D eigenvalue weighted by atomic mass is 10.1. The summed E-state index contributed by atoms with van der Waals surface area (Å²) in [7, 11) is 1.23. The summed E-state index contributed by atoms with van der Waals surface area (Å²) in [5.41, 5.74) is 0.469. The number of carboxylic acids is 1. The number of benzene rings is 2. The maximum Gasteiger partial charge on any atom is 0.338 e. The van der Waals surface area contributed by atoms with Crippen molar-refractivity contribution in [3.63, 3.8) is 0 Å². The summed E-state index contributed by atoms with van der Waals surface area (Å²) < 4.78 is 4.51. The van der Waals surface area contributed by atoms with Gasteiger partial charge >= 0.3 is 11.9 Å². The van der Waals surface area contributed by atoms with Crippen LogP contribution in [0, 0.1) is 34.1 Å². The second-order valence-corrected chi connectivity index (χ2v) is 6.36. The Labute approximate surface area is 173 Å². The Kier molecular flexibility index (Phi) is 8.05. The number of carbonyl (C=O) groups is 2. The molecule has 0 bridgehead atoms. The molecule has 2 aromatic rings. The lowest BCUT2D eigenvalue weighted by Crippen LogP contribution is -2.04. The molecule has 2 rings (SSSR count). The monoisotopic (exact) mass is 444 g/mol. The molecule has 0 aliphatic carbocycles. The minimum Gasteiger partial charge on any atom is -0.478 e. The van der Waals surface area contributed by atoms with Crippen molar-refractivity contribution in [1.82, 2.24) is 0 Å². The summed E-state index contributed by atoms with van der Waals surface area (Å²) in [5, 5.41) is 29.4. The van der Waals surface area contributed by atoms with Gasteiger partial charge < -0.3 is 9.84 Å². The van der Waals surface area contributed by atoms with Crippen LogP contribution in [0.4, 0.5) is 11.4 Å². The van der Waals surface area contributed by atoms with Crippen molar-refractivity contribution < 1.29 is 29.3 Å². The lowest BCUT2D eigenvalue weighted by molar-refractivity contribution is -0.384. The molecule has 1 N–H and O–H groups in total. The van der Waals surface area contributed by atoms with Crippen LogP contribution in [0.2, 0.25) is 10.0 Å². The maximum atomic E-state index is 11.2. The number of nitrogens with zero attached hydrogens (tertiary/aromatic N) is 2. The first-order chi connectivity index (χ1) is 13.4. The normalized spacial score (nSPS) is 9.83. The predicted molar refractivity (Wildman–Crippen MR) is 104 cm³/mol. The molecule has 0 heterocycles. The molecule has 29 heavy (non-hydrogen) atoms. The van der Waals surface area contributed by atoms with Crippen LogP contribution in [0.15, 0.2) is 24.3 Å². The van der Waals surface area contributed by atoms with Crippen molar-refractivity contribution in [2.45, 2.75) is 13.8 Å². The zero-order valence-electron chi connectivity index (χ0n) is 15.3. The van der Waals surface area contributed by atoms with E-state index in [4.69, 9.17) is 28.3 Å². The van der Waals surface area contributed by atoms with Crippen LogP contribution in [-0.4, -0.2) is 34.0 Å². The topological polar surface area (TPSA) is 150 Å². The maximum absolute atomic E-state index is 11.2. The zero-order chi connectivity index (χ0) is 22.5. The van der Waals surface area contributed by atoms with Crippen LogP contribution in [0.1, 0.15) is 31.8 Å².